The van der Waals surface area contributed by atoms with E-state index in [0.29, 0.717) is 19.0 Å². The number of alkyl halides is 3. The van der Waals surface area contributed by atoms with Crippen molar-refractivity contribution in [2.24, 2.45) is 5.92 Å². The van der Waals surface area contributed by atoms with Gasteiger partial charge < -0.3 is 20.0 Å². The molecule has 178 valence electrons. The molecule has 13 heteroatoms. The SMILES string of the molecule is CCN(c1ccnc(NC(=O)N2CCC(C(=O)O)C2)n1)C1CCCC1.O=C(O)C(F)(F)F. The van der Waals surface area contributed by atoms with Gasteiger partial charge in [0.25, 0.3) is 0 Å². The van der Waals surface area contributed by atoms with Crippen molar-refractivity contribution in [1.29, 1.82) is 0 Å². The van der Waals surface area contributed by atoms with Crippen molar-refractivity contribution in [2.75, 3.05) is 29.9 Å². The van der Waals surface area contributed by atoms with Crippen LogP contribution in [-0.2, 0) is 9.59 Å². The van der Waals surface area contributed by atoms with Gasteiger partial charge in [0.15, 0.2) is 0 Å². The van der Waals surface area contributed by atoms with Gasteiger partial charge in [-0.25, -0.2) is 14.6 Å². The van der Waals surface area contributed by atoms with Gasteiger partial charge in [-0.3, -0.25) is 10.1 Å². The summed E-state index contributed by atoms with van der Waals surface area (Å²) < 4.78 is 31.7. The first-order chi connectivity index (χ1) is 15.0. The smallest absolute Gasteiger partial charge is 0.481 e. The summed E-state index contributed by atoms with van der Waals surface area (Å²) in [5.74, 6) is -3.02. The zero-order chi connectivity index (χ0) is 23.9. The van der Waals surface area contributed by atoms with Gasteiger partial charge in [0.1, 0.15) is 5.82 Å². The summed E-state index contributed by atoms with van der Waals surface area (Å²) >= 11 is 0. The molecule has 0 radical (unpaired) electrons. The topological polar surface area (TPSA) is 136 Å². The van der Waals surface area contributed by atoms with E-state index in [2.05, 4.69) is 27.1 Å². The van der Waals surface area contributed by atoms with Crippen molar-refractivity contribution in [3.05, 3.63) is 12.3 Å². The van der Waals surface area contributed by atoms with Crippen molar-refractivity contribution in [3.8, 4) is 0 Å². The maximum absolute atomic E-state index is 12.3. The van der Waals surface area contributed by atoms with Crippen molar-refractivity contribution in [3.63, 3.8) is 0 Å². The molecule has 32 heavy (non-hydrogen) atoms. The summed E-state index contributed by atoms with van der Waals surface area (Å²) in [4.78, 5) is 44.6. The monoisotopic (exact) mass is 461 g/mol. The van der Waals surface area contributed by atoms with Gasteiger partial charge >= 0.3 is 24.1 Å². The Morgan fingerprint density at radius 1 is 1.22 bits per heavy atom. The molecular weight excluding hydrogens is 435 g/mol. The third-order valence-corrected chi connectivity index (χ3v) is 5.33. The first-order valence-electron chi connectivity index (χ1n) is 10.2. The van der Waals surface area contributed by atoms with Crippen LogP contribution in [0.3, 0.4) is 0 Å². The van der Waals surface area contributed by atoms with E-state index in [1.807, 2.05) is 6.07 Å². The Kier molecular flexibility index (Phi) is 8.61. The first kappa shape index (κ1) is 25.1. The van der Waals surface area contributed by atoms with Crippen LogP contribution in [0.5, 0.6) is 0 Å². The lowest BCUT2D eigenvalue weighted by atomic mass is 10.1. The summed E-state index contributed by atoms with van der Waals surface area (Å²) in [6, 6.07) is 2.02. The highest BCUT2D eigenvalue weighted by Gasteiger charge is 2.38. The third kappa shape index (κ3) is 6.95. The zero-order valence-electron chi connectivity index (χ0n) is 17.5. The number of carbonyl (C=O) groups is 3. The predicted octanol–water partition coefficient (Wildman–Crippen LogP) is 2.82. The van der Waals surface area contributed by atoms with Gasteiger partial charge in [0, 0.05) is 31.9 Å². The van der Waals surface area contributed by atoms with Crippen molar-refractivity contribution < 1.29 is 37.8 Å². The maximum atomic E-state index is 12.3. The molecule has 1 aliphatic heterocycles. The van der Waals surface area contributed by atoms with Gasteiger partial charge in [-0.2, -0.15) is 18.2 Å². The molecule has 3 rings (SSSR count). The number of amides is 2. The number of likely N-dealkylation sites (tertiary alicyclic amines) is 1. The summed E-state index contributed by atoms with van der Waals surface area (Å²) in [5.41, 5.74) is 0. The molecule has 1 atom stereocenters. The van der Waals surface area contributed by atoms with Crippen LogP contribution < -0.4 is 10.2 Å². The number of nitrogens with one attached hydrogen (secondary N) is 1. The summed E-state index contributed by atoms with van der Waals surface area (Å²) in [5, 5.41) is 18.9. The van der Waals surface area contributed by atoms with Gasteiger partial charge in [-0.05, 0) is 32.3 Å². The molecule has 0 bridgehead atoms. The van der Waals surface area contributed by atoms with Crippen molar-refractivity contribution in [2.45, 2.75) is 51.2 Å². The number of carboxylic acid groups (broad SMARTS) is 2. The van der Waals surface area contributed by atoms with E-state index in [1.54, 1.807) is 6.20 Å². The fourth-order valence-electron chi connectivity index (χ4n) is 3.71. The number of carboxylic acids is 2. The normalized spacial score (nSPS) is 18.6. The molecule has 1 saturated heterocycles. The lowest BCUT2D eigenvalue weighted by Gasteiger charge is -2.28. The Balaban J connectivity index is 0.000000451. The van der Waals surface area contributed by atoms with Gasteiger partial charge in [-0.15, -0.1) is 0 Å². The second-order valence-electron chi connectivity index (χ2n) is 7.47. The average molecular weight is 461 g/mol. The number of urea groups is 1. The molecule has 3 N–H and O–H groups in total. The van der Waals surface area contributed by atoms with E-state index in [1.165, 1.54) is 30.6 Å². The van der Waals surface area contributed by atoms with E-state index < -0.39 is 24.0 Å². The molecule has 0 spiro atoms. The Bertz CT molecular complexity index is 817. The quantitative estimate of drug-likeness (QED) is 0.609. The summed E-state index contributed by atoms with van der Waals surface area (Å²) in [6.45, 7) is 3.63. The van der Waals surface area contributed by atoms with Crippen molar-refractivity contribution >= 4 is 29.7 Å². The first-order valence-corrected chi connectivity index (χ1v) is 10.2. The number of aliphatic carboxylic acids is 2. The maximum Gasteiger partial charge on any atom is 0.490 e. The van der Waals surface area contributed by atoms with Crippen LogP contribution in [0.15, 0.2) is 12.3 Å². The lowest BCUT2D eigenvalue weighted by Crippen LogP contribution is -2.35. The number of anilines is 2. The standard InChI is InChI=1S/C17H25N5O3.C2HF3O2/c1-2-22(13-5-3-4-6-13)14-7-9-18-16(19-14)20-17(25)21-10-8-12(11-21)15(23)24;3-2(4,5)1(6)7/h7,9,12-13H,2-6,8,10-11H2,1H3,(H,23,24)(H,18,19,20,25);(H,6,7). The Hall–Kier alpha value is -3.12. The number of rotatable bonds is 5. The van der Waals surface area contributed by atoms with Gasteiger partial charge in [0.05, 0.1) is 5.92 Å². The molecule has 1 aromatic heterocycles. The molecule has 10 nitrogen and oxygen atoms in total. The van der Waals surface area contributed by atoms with E-state index in [9.17, 15) is 22.8 Å². The van der Waals surface area contributed by atoms with Crippen LogP contribution >= 0.6 is 0 Å². The lowest BCUT2D eigenvalue weighted by molar-refractivity contribution is -0.192. The molecular formula is C19H26F3N5O5. The average Bonchev–Trinajstić information content (AvgIpc) is 3.41. The predicted molar refractivity (Wildman–Crippen MR) is 107 cm³/mol. The Morgan fingerprint density at radius 3 is 2.34 bits per heavy atom. The Labute approximate surface area is 182 Å². The number of carbonyl (C=O) groups excluding carboxylic acids is 1. The molecule has 2 heterocycles. The fraction of sp³-hybridized carbons (Fsp3) is 0.632. The van der Waals surface area contributed by atoms with Crippen LogP contribution in [0.4, 0.5) is 29.7 Å². The van der Waals surface area contributed by atoms with Crippen LogP contribution in [0.2, 0.25) is 0 Å². The minimum absolute atomic E-state index is 0.226. The van der Waals surface area contributed by atoms with Gasteiger partial charge in [-0.1, -0.05) is 12.8 Å². The summed E-state index contributed by atoms with van der Waals surface area (Å²) in [6.07, 6.45) is 1.88. The molecule has 1 aromatic rings. The second-order valence-corrected chi connectivity index (χ2v) is 7.47. The molecule has 2 fully saturated rings. The number of halogens is 3. The third-order valence-electron chi connectivity index (χ3n) is 5.33. The van der Waals surface area contributed by atoms with E-state index in [-0.39, 0.29) is 18.5 Å². The van der Waals surface area contributed by atoms with Gasteiger partial charge in [0.2, 0.25) is 5.95 Å². The highest BCUT2D eigenvalue weighted by atomic mass is 19.4. The number of hydrogen-bond donors (Lipinski definition) is 3. The molecule has 1 saturated carbocycles. The van der Waals surface area contributed by atoms with Crippen molar-refractivity contribution in [1.82, 2.24) is 14.9 Å². The summed E-state index contributed by atoms with van der Waals surface area (Å²) in [7, 11) is 0. The fourth-order valence-corrected chi connectivity index (χ4v) is 3.71. The number of nitrogens with zero attached hydrogens (tertiary/aromatic N) is 4. The minimum atomic E-state index is -5.08. The molecule has 2 aliphatic rings. The van der Waals surface area contributed by atoms with E-state index in [4.69, 9.17) is 15.0 Å². The Morgan fingerprint density at radius 2 is 1.84 bits per heavy atom. The minimum Gasteiger partial charge on any atom is -0.481 e. The van der Waals surface area contributed by atoms with Crippen LogP contribution in [0, 0.1) is 5.92 Å². The molecule has 1 unspecified atom stereocenters. The zero-order valence-corrected chi connectivity index (χ0v) is 17.5. The highest BCUT2D eigenvalue weighted by molar-refractivity contribution is 5.88. The van der Waals surface area contributed by atoms with Crippen LogP contribution in [0.1, 0.15) is 39.0 Å². The molecule has 1 aliphatic carbocycles. The van der Waals surface area contributed by atoms with Crippen LogP contribution in [0.25, 0.3) is 0 Å². The number of hydrogen-bond acceptors (Lipinski definition) is 6. The second kappa shape index (κ2) is 11.0. The largest absolute Gasteiger partial charge is 0.490 e. The highest BCUT2D eigenvalue weighted by Crippen LogP contribution is 2.27. The van der Waals surface area contributed by atoms with E-state index >= 15 is 0 Å². The van der Waals surface area contributed by atoms with E-state index in [0.717, 1.165) is 12.4 Å². The molecule has 2 amide bonds. The molecule has 0 aromatic carbocycles. The van der Waals surface area contributed by atoms with Crippen LogP contribution in [-0.4, -0.2) is 74.9 Å². The number of aromatic nitrogens is 2.